The number of Topliss-reactive ketones (excluding diaryl/α,β-unsaturated/α-hetero) is 1. The van der Waals surface area contributed by atoms with E-state index in [1.54, 1.807) is 0 Å². The van der Waals surface area contributed by atoms with Crippen molar-refractivity contribution in [2.45, 2.75) is 37.3 Å². The van der Waals surface area contributed by atoms with E-state index in [1.165, 1.54) is 47.6 Å². The first kappa shape index (κ1) is 24.9. The summed E-state index contributed by atoms with van der Waals surface area (Å²) in [5.74, 6) is -0.669. The highest BCUT2D eigenvalue weighted by Crippen LogP contribution is 2.29. The van der Waals surface area contributed by atoms with E-state index in [0.717, 1.165) is 12.1 Å². The Kier molecular flexibility index (Phi) is 7.58. The van der Waals surface area contributed by atoms with Crippen LogP contribution in [-0.2, 0) is 27.4 Å². The van der Waals surface area contributed by atoms with E-state index in [9.17, 15) is 31.2 Å². The molecule has 0 atom stereocenters. The summed E-state index contributed by atoms with van der Waals surface area (Å²) in [4.78, 5) is 23.9. The molecule has 0 unspecified atom stereocenters. The summed E-state index contributed by atoms with van der Waals surface area (Å²) in [7, 11) is -3.71. The summed E-state index contributed by atoms with van der Waals surface area (Å²) in [6.45, 7) is 2.09. The quantitative estimate of drug-likeness (QED) is 0.611. The zero-order valence-electron chi connectivity index (χ0n) is 18.1. The number of halogens is 3. The topological polar surface area (TPSA) is 83.6 Å². The molecule has 1 amide bonds. The maximum absolute atomic E-state index is 12.8. The van der Waals surface area contributed by atoms with Gasteiger partial charge in [0.25, 0.3) is 0 Å². The van der Waals surface area contributed by atoms with Crippen LogP contribution in [0.5, 0.6) is 0 Å². The Labute approximate surface area is 190 Å². The van der Waals surface area contributed by atoms with Crippen molar-refractivity contribution in [2.75, 3.05) is 19.6 Å². The van der Waals surface area contributed by atoms with E-state index in [4.69, 9.17) is 0 Å². The zero-order valence-corrected chi connectivity index (χ0v) is 18.9. The first-order chi connectivity index (χ1) is 15.5. The summed E-state index contributed by atoms with van der Waals surface area (Å²) in [6, 6.07) is 10.6. The van der Waals surface area contributed by atoms with Crippen molar-refractivity contribution in [3.8, 4) is 0 Å². The van der Waals surface area contributed by atoms with E-state index < -0.39 is 21.8 Å². The Hall–Kier alpha value is -2.72. The zero-order chi connectivity index (χ0) is 24.2. The van der Waals surface area contributed by atoms with Gasteiger partial charge < -0.3 is 5.32 Å². The van der Waals surface area contributed by atoms with Crippen LogP contribution in [0.2, 0.25) is 0 Å². The smallest absolute Gasteiger partial charge is 0.356 e. The van der Waals surface area contributed by atoms with Crippen LogP contribution in [-0.4, -0.2) is 44.0 Å². The van der Waals surface area contributed by atoms with Gasteiger partial charge in [-0.25, -0.2) is 8.42 Å². The molecule has 0 aromatic heterocycles. The van der Waals surface area contributed by atoms with Gasteiger partial charge in [-0.2, -0.15) is 17.5 Å². The van der Waals surface area contributed by atoms with Crippen LogP contribution in [0, 0.1) is 5.92 Å². The van der Waals surface area contributed by atoms with Gasteiger partial charge in [-0.15, -0.1) is 0 Å². The summed E-state index contributed by atoms with van der Waals surface area (Å²) >= 11 is 0. The second-order valence-corrected chi connectivity index (χ2v) is 9.93. The number of rotatable bonds is 7. The molecule has 0 bridgehead atoms. The van der Waals surface area contributed by atoms with Crippen molar-refractivity contribution in [1.82, 2.24) is 9.62 Å². The highest BCUT2D eigenvalue weighted by Gasteiger charge is 2.32. The third-order valence-electron chi connectivity index (χ3n) is 5.72. The molecule has 33 heavy (non-hydrogen) atoms. The lowest BCUT2D eigenvalue weighted by molar-refractivity contribution is -0.137. The molecule has 1 N–H and O–H groups in total. The molecule has 3 rings (SSSR count). The van der Waals surface area contributed by atoms with Gasteiger partial charge in [0, 0.05) is 31.1 Å². The predicted octanol–water partition coefficient (Wildman–Crippen LogP) is 3.67. The molecular weight excluding hydrogens is 457 g/mol. The van der Waals surface area contributed by atoms with Crippen LogP contribution in [0.25, 0.3) is 0 Å². The number of sulfonamides is 1. The first-order valence-corrected chi connectivity index (χ1v) is 12.0. The number of ketones is 1. The first-order valence-electron chi connectivity index (χ1n) is 10.5. The number of benzene rings is 2. The number of alkyl halides is 3. The van der Waals surface area contributed by atoms with Gasteiger partial charge in [0.05, 0.1) is 10.5 Å². The lowest BCUT2D eigenvalue weighted by Crippen LogP contribution is -2.43. The molecule has 0 spiro atoms. The standard InChI is InChI=1S/C23H25F3N2O4S/c1-16(29)18-4-8-21(9-5-18)33(31,32)28-14-11-19(12-15-28)22(30)27-13-10-17-2-6-20(7-3-17)23(24,25)26/h2-9,19H,10-15H2,1H3,(H,27,30). The lowest BCUT2D eigenvalue weighted by Gasteiger charge is -2.30. The monoisotopic (exact) mass is 482 g/mol. The average Bonchev–Trinajstić information content (AvgIpc) is 2.79. The molecule has 1 saturated heterocycles. The molecule has 0 aliphatic carbocycles. The SMILES string of the molecule is CC(=O)c1ccc(S(=O)(=O)N2CCC(C(=O)NCCc3ccc(C(F)(F)F)cc3)CC2)cc1. The van der Waals surface area contributed by atoms with Crippen LogP contribution in [0.1, 0.15) is 41.3 Å². The predicted molar refractivity (Wildman–Crippen MR) is 116 cm³/mol. The Morgan fingerprint density at radius 2 is 1.58 bits per heavy atom. The normalized spacial score (nSPS) is 15.9. The van der Waals surface area contributed by atoms with Crippen LogP contribution in [0.4, 0.5) is 13.2 Å². The number of nitrogens with zero attached hydrogens (tertiary/aromatic N) is 1. The minimum atomic E-state index is -4.38. The summed E-state index contributed by atoms with van der Waals surface area (Å²) in [5, 5.41) is 2.79. The molecule has 10 heteroatoms. The van der Waals surface area contributed by atoms with E-state index in [1.807, 2.05) is 0 Å². The van der Waals surface area contributed by atoms with Crippen LogP contribution >= 0.6 is 0 Å². The van der Waals surface area contributed by atoms with Gasteiger partial charge in [-0.3, -0.25) is 9.59 Å². The maximum Gasteiger partial charge on any atom is 0.416 e. The van der Waals surface area contributed by atoms with E-state index in [-0.39, 0.29) is 42.1 Å². The number of amides is 1. The lowest BCUT2D eigenvalue weighted by atomic mass is 9.97. The molecule has 2 aromatic carbocycles. The molecule has 1 fully saturated rings. The molecule has 2 aromatic rings. The van der Waals surface area contributed by atoms with Crippen molar-refractivity contribution in [3.05, 3.63) is 65.2 Å². The molecule has 1 aliphatic rings. The van der Waals surface area contributed by atoms with Gasteiger partial charge in [-0.05, 0) is 56.0 Å². The molecule has 1 heterocycles. The van der Waals surface area contributed by atoms with E-state index >= 15 is 0 Å². The van der Waals surface area contributed by atoms with E-state index in [2.05, 4.69) is 5.32 Å². The van der Waals surface area contributed by atoms with Gasteiger partial charge >= 0.3 is 6.18 Å². The minimum Gasteiger partial charge on any atom is -0.356 e. The van der Waals surface area contributed by atoms with Crippen molar-refractivity contribution in [3.63, 3.8) is 0 Å². The third-order valence-corrected chi connectivity index (χ3v) is 7.63. The Morgan fingerprint density at radius 1 is 1.00 bits per heavy atom. The molecule has 0 radical (unpaired) electrons. The minimum absolute atomic E-state index is 0.104. The second kappa shape index (κ2) is 10.0. The fourth-order valence-electron chi connectivity index (χ4n) is 3.70. The Morgan fingerprint density at radius 3 is 2.09 bits per heavy atom. The number of hydrogen-bond acceptors (Lipinski definition) is 4. The Bertz CT molecular complexity index is 1090. The molecule has 0 saturated carbocycles. The molecular formula is C23H25F3N2O4S. The largest absolute Gasteiger partial charge is 0.416 e. The summed E-state index contributed by atoms with van der Waals surface area (Å²) in [5.41, 5.74) is 0.396. The van der Waals surface area contributed by atoms with Crippen LogP contribution < -0.4 is 5.32 Å². The number of piperidine rings is 1. The number of carbonyl (C=O) groups excluding carboxylic acids is 2. The summed E-state index contributed by atoms with van der Waals surface area (Å²) in [6.07, 6.45) is -3.24. The highest BCUT2D eigenvalue weighted by atomic mass is 32.2. The van der Waals surface area contributed by atoms with Gasteiger partial charge in [-0.1, -0.05) is 24.3 Å². The number of hydrogen-bond donors (Lipinski definition) is 1. The highest BCUT2D eigenvalue weighted by molar-refractivity contribution is 7.89. The van der Waals surface area contributed by atoms with Crippen molar-refractivity contribution in [2.24, 2.45) is 5.92 Å². The third kappa shape index (κ3) is 6.20. The fraction of sp³-hybridized carbons (Fsp3) is 0.391. The van der Waals surface area contributed by atoms with Crippen LogP contribution in [0.3, 0.4) is 0 Å². The Balaban J connectivity index is 1.48. The summed E-state index contributed by atoms with van der Waals surface area (Å²) < 4.78 is 64.8. The van der Waals surface area contributed by atoms with Crippen molar-refractivity contribution >= 4 is 21.7 Å². The molecule has 1 aliphatic heterocycles. The van der Waals surface area contributed by atoms with Crippen molar-refractivity contribution in [1.29, 1.82) is 0 Å². The number of carbonyl (C=O) groups is 2. The second-order valence-electron chi connectivity index (χ2n) is 7.99. The fourth-order valence-corrected chi connectivity index (χ4v) is 5.17. The maximum atomic E-state index is 12.8. The van der Waals surface area contributed by atoms with Gasteiger partial charge in [0.1, 0.15) is 0 Å². The van der Waals surface area contributed by atoms with E-state index in [0.29, 0.717) is 30.4 Å². The van der Waals surface area contributed by atoms with Gasteiger partial charge in [0.15, 0.2) is 5.78 Å². The average molecular weight is 483 g/mol. The molecule has 178 valence electrons. The number of nitrogens with one attached hydrogen (secondary N) is 1. The molecule has 6 nitrogen and oxygen atoms in total. The van der Waals surface area contributed by atoms with Gasteiger partial charge in [0.2, 0.25) is 15.9 Å². The van der Waals surface area contributed by atoms with Crippen LogP contribution in [0.15, 0.2) is 53.4 Å². The van der Waals surface area contributed by atoms with Crippen molar-refractivity contribution < 1.29 is 31.2 Å².